The van der Waals surface area contributed by atoms with Gasteiger partial charge >= 0.3 is 6.18 Å². The molecule has 1 aliphatic carbocycles. The second-order valence-electron chi connectivity index (χ2n) is 7.27. The molecule has 4 nitrogen and oxygen atoms in total. The van der Waals surface area contributed by atoms with Gasteiger partial charge < -0.3 is 10.4 Å². The van der Waals surface area contributed by atoms with Gasteiger partial charge in [-0.1, -0.05) is 29.3 Å². The number of carbonyl (C=O) groups is 1. The van der Waals surface area contributed by atoms with E-state index in [4.69, 9.17) is 23.2 Å². The Labute approximate surface area is 180 Å². The quantitative estimate of drug-likeness (QED) is 0.613. The summed E-state index contributed by atoms with van der Waals surface area (Å²) in [6, 6.07) is 6.06. The normalized spacial score (nSPS) is 24.5. The van der Waals surface area contributed by atoms with Crippen LogP contribution in [0.3, 0.4) is 0 Å². The number of halogens is 6. The lowest BCUT2D eigenvalue weighted by atomic mass is 9.72. The SMILES string of the molecule is O=C(NCC1(O)CCC(F)CC1c1cc(Cl)ccn1)c1cccc(C(F)(F)F)c1Cl. The van der Waals surface area contributed by atoms with Crippen LogP contribution in [-0.4, -0.2) is 34.3 Å². The highest BCUT2D eigenvalue weighted by Crippen LogP contribution is 2.42. The van der Waals surface area contributed by atoms with Gasteiger partial charge in [-0.3, -0.25) is 9.78 Å². The van der Waals surface area contributed by atoms with Gasteiger partial charge in [-0.15, -0.1) is 0 Å². The molecule has 30 heavy (non-hydrogen) atoms. The molecule has 0 bridgehead atoms. The Kier molecular flexibility index (Phi) is 6.60. The molecule has 0 saturated heterocycles. The van der Waals surface area contributed by atoms with E-state index in [1.54, 1.807) is 0 Å². The molecular weight excluding hydrogens is 447 g/mol. The maximum absolute atomic E-state index is 14.1. The van der Waals surface area contributed by atoms with Gasteiger partial charge in [0.2, 0.25) is 0 Å². The molecule has 1 aromatic heterocycles. The number of rotatable bonds is 4. The molecule has 3 rings (SSSR count). The molecule has 3 unspecified atom stereocenters. The van der Waals surface area contributed by atoms with E-state index in [0.29, 0.717) is 10.7 Å². The molecule has 1 amide bonds. The Balaban J connectivity index is 1.82. The topological polar surface area (TPSA) is 62.2 Å². The molecule has 2 N–H and O–H groups in total. The molecule has 1 aliphatic rings. The highest BCUT2D eigenvalue weighted by molar-refractivity contribution is 6.34. The number of amides is 1. The second-order valence-corrected chi connectivity index (χ2v) is 8.09. The first-order valence-corrected chi connectivity index (χ1v) is 9.88. The number of pyridine rings is 1. The van der Waals surface area contributed by atoms with Crippen LogP contribution in [0.5, 0.6) is 0 Å². The third-order valence-electron chi connectivity index (χ3n) is 5.23. The summed E-state index contributed by atoms with van der Waals surface area (Å²) in [6.07, 6.45) is -4.36. The summed E-state index contributed by atoms with van der Waals surface area (Å²) in [5, 5.41) is 13.2. The largest absolute Gasteiger partial charge is 0.417 e. The maximum Gasteiger partial charge on any atom is 0.417 e. The molecule has 1 heterocycles. The van der Waals surface area contributed by atoms with Crippen molar-refractivity contribution in [2.24, 2.45) is 0 Å². The first kappa shape index (κ1) is 22.8. The van der Waals surface area contributed by atoms with E-state index in [9.17, 15) is 27.5 Å². The summed E-state index contributed by atoms with van der Waals surface area (Å²) in [6.45, 7) is -0.315. The lowest BCUT2D eigenvalue weighted by Gasteiger charge is -2.41. The fourth-order valence-corrected chi connectivity index (χ4v) is 4.14. The van der Waals surface area contributed by atoms with Gasteiger partial charge in [-0.05, 0) is 43.5 Å². The number of nitrogens with zero attached hydrogens (tertiary/aromatic N) is 1. The van der Waals surface area contributed by atoms with Crippen LogP contribution in [0.4, 0.5) is 17.6 Å². The van der Waals surface area contributed by atoms with Crippen LogP contribution in [0.25, 0.3) is 0 Å². The minimum Gasteiger partial charge on any atom is -0.387 e. The minimum absolute atomic E-state index is 0.0238. The molecule has 2 aromatic rings. The van der Waals surface area contributed by atoms with Gasteiger partial charge in [0.15, 0.2) is 0 Å². The number of hydrogen-bond acceptors (Lipinski definition) is 3. The third-order valence-corrected chi connectivity index (χ3v) is 5.88. The third kappa shape index (κ3) is 4.87. The molecule has 0 aliphatic heterocycles. The van der Waals surface area contributed by atoms with E-state index in [0.717, 1.165) is 18.2 Å². The molecular formula is C20H18Cl2F4N2O2. The number of alkyl halides is 4. The zero-order chi connectivity index (χ0) is 22.1. The first-order valence-electron chi connectivity index (χ1n) is 9.13. The lowest BCUT2D eigenvalue weighted by molar-refractivity contribution is -0.137. The van der Waals surface area contributed by atoms with Gasteiger partial charge in [-0.2, -0.15) is 13.2 Å². The number of benzene rings is 1. The van der Waals surface area contributed by atoms with Gasteiger partial charge in [-0.25, -0.2) is 4.39 Å². The Bertz CT molecular complexity index is 941. The predicted octanol–water partition coefficient (Wildman–Crippen LogP) is 5.17. The Morgan fingerprint density at radius 3 is 2.70 bits per heavy atom. The van der Waals surface area contributed by atoms with Crippen LogP contribution >= 0.6 is 23.2 Å². The van der Waals surface area contributed by atoms with Gasteiger partial charge in [0.05, 0.1) is 21.8 Å². The Hall–Kier alpha value is -1.90. The summed E-state index contributed by atoms with van der Waals surface area (Å²) in [5.41, 5.74) is -2.68. The molecule has 10 heteroatoms. The fourth-order valence-electron chi connectivity index (χ4n) is 3.65. The Morgan fingerprint density at radius 1 is 1.30 bits per heavy atom. The van der Waals surface area contributed by atoms with Crippen molar-refractivity contribution >= 4 is 29.1 Å². The average molecular weight is 465 g/mol. The van der Waals surface area contributed by atoms with E-state index in [-0.39, 0.29) is 31.4 Å². The summed E-state index contributed by atoms with van der Waals surface area (Å²) in [4.78, 5) is 16.7. The maximum atomic E-state index is 14.1. The number of aromatic nitrogens is 1. The van der Waals surface area contributed by atoms with Crippen molar-refractivity contribution < 1.29 is 27.5 Å². The summed E-state index contributed by atoms with van der Waals surface area (Å²) >= 11 is 11.8. The molecule has 1 fully saturated rings. The van der Waals surface area contributed by atoms with Crippen molar-refractivity contribution in [2.75, 3.05) is 6.54 Å². The number of nitrogens with one attached hydrogen (secondary N) is 1. The van der Waals surface area contributed by atoms with Crippen molar-refractivity contribution in [1.82, 2.24) is 10.3 Å². The van der Waals surface area contributed by atoms with E-state index in [1.807, 2.05) is 0 Å². The van der Waals surface area contributed by atoms with Crippen LogP contribution in [0.2, 0.25) is 10.0 Å². The lowest BCUT2D eigenvalue weighted by Crippen LogP contribution is -2.50. The summed E-state index contributed by atoms with van der Waals surface area (Å²) < 4.78 is 53.1. The fraction of sp³-hybridized carbons (Fsp3) is 0.400. The van der Waals surface area contributed by atoms with Crippen molar-refractivity contribution in [3.63, 3.8) is 0 Å². The van der Waals surface area contributed by atoms with Crippen molar-refractivity contribution in [1.29, 1.82) is 0 Å². The molecule has 0 radical (unpaired) electrons. The minimum atomic E-state index is -4.71. The predicted molar refractivity (Wildman–Crippen MR) is 104 cm³/mol. The van der Waals surface area contributed by atoms with Crippen LogP contribution in [0, 0.1) is 0 Å². The van der Waals surface area contributed by atoms with E-state index in [2.05, 4.69) is 10.3 Å². The van der Waals surface area contributed by atoms with E-state index < -0.39 is 40.4 Å². The van der Waals surface area contributed by atoms with Crippen molar-refractivity contribution in [3.8, 4) is 0 Å². The second kappa shape index (κ2) is 8.69. The van der Waals surface area contributed by atoms with E-state index >= 15 is 0 Å². The zero-order valence-electron chi connectivity index (χ0n) is 15.5. The van der Waals surface area contributed by atoms with Crippen molar-refractivity contribution in [3.05, 3.63) is 63.4 Å². The molecule has 3 atom stereocenters. The molecule has 1 saturated carbocycles. The van der Waals surface area contributed by atoms with Gasteiger partial charge in [0.25, 0.3) is 5.91 Å². The van der Waals surface area contributed by atoms with Crippen LogP contribution in [0.1, 0.15) is 46.8 Å². The van der Waals surface area contributed by atoms with Gasteiger partial charge in [0, 0.05) is 29.4 Å². The van der Waals surface area contributed by atoms with Crippen molar-refractivity contribution in [2.45, 2.75) is 43.1 Å². The summed E-state index contributed by atoms with van der Waals surface area (Å²) in [5.74, 6) is -1.63. The van der Waals surface area contributed by atoms with Crippen LogP contribution in [0.15, 0.2) is 36.5 Å². The smallest absolute Gasteiger partial charge is 0.387 e. The van der Waals surface area contributed by atoms with Crippen LogP contribution in [-0.2, 0) is 6.18 Å². The van der Waals surface area contributed by atoms with Gasteiger partial charge in [0.1, 0.15) is 6.17 Å². The number of hydrogen-bond donors (Lipinski definition) is 2. The van der Waals surface area contributed by atoms with E-state index in [1.165, 1.54) is 18.3 Å². The first-order chi connectivity index (χ1) is 14.0. The number of aliphatic hydroxyl groups is 1. The van der Waals surface area contributed by atoms with Crippen LogP contribution < -0.4 is 5.32 Å². The monoisotopic (exact) mass is 464 g/mol. The zero-order valence-corrected chi connectivity index (χ0v) is 17.0. The summed E-state index contributed by atoms with van der Waals surface area (Å²) in [7, 11) is 0. The highest BCUT2D eigenvalue weighted by atomic mass is 35.5. The molecule has 0 spiro atoms. The molecule has 1 aromatic carbocycles. The molecule has 162 valence electrons. The Morgan fingerprint density at radius 2 is 2.03 bits per heavy atom. The standard InChI is InChI=1S/C20H18Cl2F4N2O2/c21-11-5-7-27-16(8-11)15-9-12(23)4-6-19(15,30)10-28-18(29)13-2-1-3-14(17(13)22)20(24,25)26/h1-3,5,7-8,12,15,30H,4,6,9-10H2,(H,28,29). The number of carbonyl (C=O) groups excluding carboxylic acids is 1. The highest BCUT2D eigenvalue weighted by Gasteiger charge is 2.44. The average Bonchev–Trinajstić information content (AvgIpc) is 2.67.